The number of H-pyrrole nitrogens is 1. The first-order valence-corrected chi connectivity index (χ1v) is 7.46. The first-order chi connectivity index (χ1) is 9.90. The van der Waals surface area contributed by atoms with Gasteiger partial charge in [0.15, 0.2) is 16.4 Å². The van der Waals surface area contributed by atoms with Crippen molar-refractivity contribution in [2.24, 2.45) is 0 Å². The summed E-state index contributed by atoms with van der Waals surface area (Å²) in [6.07, 6.45) is 0. The normalized spacial score (nSPS) is 11.3. The van der Waals surface area contributed by atoms with Crippen molar-refractivity contribution in [3.05, 3.63) is 56.3 Å². The molecular formula is C15H11BrF2N2S. The van der Waals surface area contributed by atoms with Crippen LogP contribution in [0.1, 0.15) is 11.1 Å². The summed E-state index contributed by atoms with van der Waals surface area (Å²) in [5.74, 6) is -1.79. The number of aromatic nitrogens is 2. The average molecular weight is 369 g/mol. The molecule has 3 rings (SSSR count). The van der Waals surface area contributed by atoms with Crippen LogP contribution in [-0.2, 0) is 0 Å². The van der Waals surface area contributed by atoms with Gasteiger partial charge < -0.3 is 4.98 Å². The van der Waals surface area contributed by atoms with Gasteiger partial charge in [-0.1, -0.05) is 15.9 Å². The lowest BCUT2D eigenvalue weighted by Crippen LogP contribution is -2.02. The Balaban J connectivity index is 2.49. The summed E-state index contributed by atoms with van der Waals surface area (Å²) in [4.78, 5) is 2.92. The van der Waals surface area contributed by atoms with Gasteiger partial charge in [0.05, 0.1) is 11.2 Å². The van der Waals surface area contributed by atoms with Crippen molar-refractivity contribution in [2.45, 2.75) is 13.8 Å². The molecule has 0 aliphatic carbocycles. The Hall–Kier alpha value is -1.53. The number of nitrogens with zero attached hydrogens (tertiary/aromatic N) is 1. The predicted molar refractivity (Wildman–Crippen MR) is 85.5 cm³/mol. The van der Waals surface area contributed by atoms with E-state index in [4.69, 9.17) is 12.2 Å². The monoisotopic (exact) mass is 368 g/mol. The van der Waals surface area contributed by atoms with Crippen LogP contribution in [0.5, 0.6) is 0 Å². The second-order valence-electron chi connectivity index (χ2n) is 4.91. The molecule has 108 valence electrons. The smallest absolute Gasteiger partial charge is 0.184 e. The molecule has 0 radical (unpaired) electrons. The van der Waals surface area contributed by atoms with Gasteiger partial charge in [0.2, 0.25) is 0 Å². The van der Waals surface area contributed by atoms with Crippen LogP contribution < -0.4 is 0 Å². The van der Waals surface area contributed by atoms with Crippen LogP contribution in [-0.4, -0.2) is 9.55 Å². The van der Waals surface area contributed by atoms with Crippen LogP contribution >= 0.6 is 28.1 Å². The number of aryl methyl sites for hydroxylation is 2. The van der Waals surface area contributed by atoms with Gasteiger partial charge in [0.25, 0.3) is 0 Å². The highest BCUT2D eigenvalue weighted by atomic mass is 79.9. The van der Waals surface area contributed by atoms with E-state index in [0.29, 0.717) is 10.3 Å². The molecule has 1 aromatic heterocycles. The molecule has 0 saturated carbocycles. The lowest BCUT2D eigenvalue weighted by Gasteiger charge is -2.13. The highest BCUT2D eigenvalue weighted by molar-refractivity contribution is 9.10. The molecule has 0 aliphatic rings. The Bertz CT molecular complexity index is 904. The van der Waals surface area contributed by atoms with Gasteiger partial charge in [0.1, 0.15) is 5.52 Å². The third-order valence-corrected chi connectivity index (χ3v) is 4.16. The number of nitrogens with one attached hydrogen (secondary N) is 1. The van der Waals surface area contributed by atoms with Crippen LogP contribution in [0.4, 0.5) is 8.78 Å². The minimum atomic E-state index is -0.901. The van der Waals surface area contributed by atoms with Gasteiger partial charge in [-0.25, -0.2) is 8.78 Å². The van der Waals surface area contributed by atoms with E-state index < -0.39 is 11.6 Å². The van der Waals surface area contributed by atoms with Crippen LogP contribution in [0.25, 0.3) is 16.7 Å². The molecule has 2 aromatic carbocycles. The number of halogens is 3. The van der Waals surface area contributed by atoms with Crippen molar-refractivity contribution in [2.75, 3.05) is 0 Å². The number of imidazole rings is 1. The molecule has 0 saturated heterocycles. The summed E-state index contributed by atoms with van der Waals surface area (Å²) in [6.45, 7) is 3.82. The molecular weight excluding hydrogens is 358 g/mol. The fourth-order valence-corrected chi connectivity index (χ4v) is 3.58. The van der Waals surface area contributed by atoms with Gasteiger partial charge in [-0.05, 0) is 61.5 Å². The molecule has 3 aromatic rings. The zero-order chi connectivity index (χ0) is 15.3. The molecule has 0 atom stereocenters. The van der Waals surface area contributed by atoms with E-state index in [-0.39, 0.29) is 5.52 Å². The van der Waals surface area contributed by atoms with Crippen LogP contribution in [0, 0.1) is 30.3 Å². The SMILES string of the molecule is Cc1cc(Br)cc(C)c1-n1c(=S)[nH]c2ccc(F)c(F)c21. The van der Waals surface area contributed by atoms with Gasteiger partial charge in [-0.15, -0.1) is 0 Å². The molecule has 21 heavy (non-hydrogen) atoms. The fourth-order valence-electron chi connectivity index (χ4n) is 2.60. The van der Waals surface area contributed by atoms with Gasteiger partial charge in [0, 0.05) is 4.47 Å². The second-order valence-corrected chi connectivity index (χ2v) is 6.21. The summed E-state index contributed by atoms with van der Waals surface area (Å²) >= 11 is 8.72. The number of hydrogen-bond donors (Lipinski definition) is 1. The highest BCUT2D eigenvalue weighted by Crippen LogP contribution is 2.29. The second kappa shape index (κ2) is 5.03. The summed E-state index contributed by atoms with van der Waals surface area (Å²) < 4.78 is 30.6. The largest absolute Gasteiger partial charge is 0.330 e. The first-order valence-electron chi connectivity index (χ1n) is 6.26. The molecule has 0 bridgehead atoms. The Morgan fingerprint density at radius 1 is 1.14 bits per heavy atom. The lowest BCUT2D eigenvalue weighted by molar-refractivity contribution is 0.514. The van der Waals surface area contributed by atoms with Crippen LogP contribution in [0.2, 0.25) is 0 Å². The number of rotatable bonds is 1. The Kier molecular flexibility index (Phi) is 3.45. The maximum Gasteiger partial charge on any atom is 0.184 e. The molecule has 0 fully saturated rings. The quantitative estimate of drug-likeness (QED) is 0.574. The lowest BCUT2D eigenvalue weighted by atomic mass is 10.1. The van der Waals surface area contributed by atoms with Gasteiger partial charge in [-0.2, -0.15) is 0 Å². The van der Waals surface area contributed by atoms with Gasteiger partial charge in [-0.3, -0.25) is 4.57 Å². The molecule has 6 heteroatoms. The van der Waals surface area contributed by atoms with Gasteiger partial charge >= 0.3 is 0 Å². The summed E-state index contributed by atoms with van der Waals surface area (Å²) in [5, 5.41) is 0. The van der Waals surface area contributed by atoms with Crippen molar-refractivity contribution in [1.82, 2.24) is 9.55 Å². The highest BCUT2D eigenvalue weighted by Gasteiger charge is 2.17. The number of benzene rings is 2. The van der Waals surface area contributed by atoms with Crippen molar-refractivity contribution >= 4 is 39.2 Å². The Morgan fingerprint density at radius 2 is 1.76 bits per heavy atom. The topological polar surface area (TPSA) is 20.7 Å². The Morgan fingerprint density at radius 3 is 2.38 bits per heavy atom. The van der Waals surface area contributed by atoms with Crippen LogP contribution in [0.3, 0.4) is 0 Å². The van der Waals surface area contributed by atoms with E-state index in [1.807, 2.05) is 26.0 Å². The summed E-state index contributed by atoms with van der Waals surface area (Å²) in [5.41, 5.74) is 3.21. The third kappa shape index (κ3) is 2.22. The van der Waals surface area contributed by atoms with E-state index in [2.05, 4.69) is 20.9 Å². The maximum atomic E-state index is 14.2. The zero-order valence-electron chi connectivity index (χ0n) is 11.3. The Labute approximate surface area is 133 Å². The summed E-state index contributed by atoms with van der Waals surface area (Å²) in [7, 11) is 0. The van der Waals surface area contributed by atoms with E-state index >= 15 is 0 Å². The molecule has 0 spiro atoms. The van der Waals surface area contributed by atoms with E-state index in [1.165, 1.54) is 6.07 Å². The van der Waals surface area contributed by atoms with E-state index in [9.17, 15) is 8.78 Å². The first kappa shape index (κ1) is 14.4. The number of aromatic amines is 1. The number of fused-ring (bicyclic) bond motifs is 1. The standard InChI is InChI=1S/C15H11BrF2N2S/c1-7-5-9(16)6-8(2)13(7)20-14-11(19-15(20)21)4-3-10(17)12(14)18/h3-6H,1-2H3,(H,19,21). The van der Waals surface area contributed by atoms with Crippen molar-refractivity contribution < 1.29 is 8.78 Å². The fraction of sp³-hybridized carbons (Fsp3) is 0.133. The molecule has 0 unspecified atom stereocenters. The average Bonchev–Trinajstić information content (AvgIpc) is 2.71. The van der Waals surface area contributed by atoms with Crippen molar-refractivity contribution in [3.63, 3.8) is 0 Å². The third-order valence-electron chi connectivity index (χ3n) is 3.42. The molecule has 0 aliphatic heterocycles. The van der Waals surface area contributed by atoms with Crippen LogP contribution in [0.15, 0.2) is 28.7 Å². The molecule has 2 nitrogen and oxygen atoms in total. The minimum absolute atomic E-state index is 0.133. The molecule has 0 amide bonds. The number of hydrogen-bond acceptors (Lipinski definition) is 1. The van der Waals surface area contributed by atoms with E-state index in [1.54, 1.807) is 4.57 Å². The summed E-state index contributed by atoms with van der Waals surface area (Å²) in [6, 6.07) is 6.42. The van der Waals surface area contributed by atoms with Crippen molar-refractivity contribution in [1.29, 1.82) is 0 Å². The maximum absolute atomic E-state index is 14.2. The molecule has 1 heterocycles. The zero-order valence-corrected chi connectivity index (χ0v) is 13.7. The molecule has 1 N–H and O–H groups in total. The van der Waals surface area contributed by atoms with Crippen molar-refractivity contribution in [3.8, 4) is 5.69 Å². The van der Waals surface area contributed by atoms with E-state index in [0.717, 1.165) is 27.4 Å². The minimum Gasteiger partial charge on any atom is -0.330 e. The predicted octanol–water partition coefficient (Wildman–Crippen LogP) is 5.35.